The molecule has 1 atom stereocenters. The Bertz CT molecular complexity index is 1550. The summed E-state index contributed by atoms with van der Waals surface area (Å²) < 4.78 is 35.9. The maximum Gasteiger partial charge on any atom is 0.342 e. The van der Waals surface area contributed by atoms with E-state index < -0.39 is 11.8 Å². The van der Waals surface area contributed by atoms with Gasteiger partial charge in [-0.15, -0.1) is 0 Å². The van der Waals surface area contributed by atoms with Crippen LogP contribution in [0, 0.1) is 0 Å². The van der Waals surface area contributed by atoms with Crippen LogP contribution in [-0.2, 0) is 21.7 Å². The van der Waals surface area contributed by atoms with E-state index in [0.717, 1.165) is 17.3 Å². The molecule has 0 amide bonds. The van der Waals surface area contributed by atoms with Crippen LogP contribution < -0.4 is 18.9 Å². The lowest BCUT2D eigenvalue weighted by atomic mass is 9.88. The molecule has 0 spiro atoms. The SMILES string of the molecule is COc1ccc(CC2=C(c3ccc4c(c3)OCO4)C(=O)OC2(O)c2ccc3nsnc3c2)cc1OC. The molecule has 3 heterocycles. The fraction of sp³-hybridized carbons (Fsp3) is 0.192. The van der Waals surface area contributed by atoms with Crippen molar-refractivity contribution in [2.45, 2.75) is 12.2 Å². The van der Waals surface area contributed by atoms with Crippen molar-refractivity contribution < 1.29 is 33.6 Å². The number of benzene rings is 3. The van der Waals surface area contributed by atoms with E-state index in [9.17, 15) is 9.90 Å². The van der Waals surface area contributed by atoms with Gasteiger partial charge in [0, 0.05) is 17.6 Å². The number of carbonyl (C=O) groups excluding carboxylic acids is 1. The maximum absolute atomic E-state index is 13.3. The lowest BCUT2D eigenvalue weighted by Gasteiger charge is -2.26. The van der Waals surface area contributed by atoms with Gasteiger partial charge < -0.3 is 28.8 Å². The zero-order valence-electron chi connectivity index (χ0n) is 19.3. The van der Waals surface area contributed by atoms with Gasteiger partial charge in [-0.3, -0.25) is 0 Å². The van der Waals surface area contributed by atoms with Gasteiger partial charge in [0.05, 0.1) is 31.5 Å². The molecule has 0 saturated heterocycles. The second-order valence-electron chi connectivity index (χ2n) is 8.29. The van der Waals surface area contributed by atoms with Crippen LogP contribution in [-0.4, -0.2) is 40.8 Å². The predicted molar refractivity (Wildman–Crippen MR) is 130 cm³/mol. The van der Waals surface area contributed by atoms with Gasteiger partial charge in [0.15, 0.2) is 23.0 Å². The smallest absolute Gasteiger partial charge is 0.342 e. The van der Waals surface area contributed by atoms with Crippen molar-refractivity contribution in [1.29, 1.82) is 0 Å². The first-order chi connectivity index (χ1) is 17.5. The Labute approximate surface area is 209 Å². The quantitative estimate of drug-likeness (QED) is 0.392. The second kappa shape index (κ2) is 8.51. The molecule has 3 aromatic carbocycles. The number of fused-ring (bicyclic) bond motifs is 2. The summed E-state index contributed by atoms with van der Waals surface area (Å²) in [5.74, 6) is -0.463. The summed E-state index contributed by atoms with van der Waals surface area (Å²) in [6.07, 6.45) is 0.194. The molecule has 1 N–H and O–H groups in total. The number of cyclic esters (lactones) is 1. The molecular weight excluding hydrogens is 484 g/mol. The Morgan fingerprint density at radius 1 is 0.944 bits per heavy atom. The highest BCUT2D eigenvalue weighted by Crippen LogP contribution is 2.47. The monoisotopic (exact) mass is 504 g/mol. The van der Waals surface area contributed by atoms with Crippen molar-refractivity contribution in [3.05, 3.63) is 76.9 Å². The molecule has 6 rings (SSSR count). The molecule has 0 aliphatic carbocycles. The van der Waals surface area contributed by atoms with E-state index in [1.54, 1.807) is 62.8 Å². The first-order valence-electron chi connectivity index (χ1n) is 11.0. The molecule has 0 saturated carbocycles. The number of nitrogens with zero attached hydrogens (tertiary/aromatic N) is 2. The van der Waals surface area contributed by atoms with Crippen molar-refractivity contribution in [3.8, 4) is 23.0 Å². The summed E-state index contributed by atoms with van der Waals surface area (Å²) in [4.78, 5) is 13.3. The third-order valence-corrected chi connectivity index (χ3v) is 6.85. The van der Waals surface area contributed by atoms with Crippen LogP contribution in [0.3, 0.4) is 0 Å². The lowest BCUT2D eigenvalue weighted by molar-refractivity contribution is -0.185. The Balaban J connectivity index is 1.53. The van der Waals surface area contributed by atoms with Gasteiger partial charge in [-0.05, 0) is 53.6 Å². The molecule has 4 aromatic rings. The highest BCUT2D eigenvalue weighted by atomic mass is 32.1. The Morgan fingerprint density at radius 3 is 2.58 bits per heavy atom. The largest absolute Gasteiger partial charge is 0.493 e. The van der Waals surface area contributed by atoms with Gasteiger partial charge in [0.2, 0.25) is 6.79 Å². The molecule has 0 bridgehead atoms. The van der Waals surface area contributed by atoms with E-state index >= 15 is 0 Å². The summed E-state index contributed by atoms with van der Waals surface area (Å²) in [6.45, 7) is 0.104. The maximum atomic E-state index is 13.3. The van der Waals surface area contributed by atoms with E-state index in [0.29, 0.717) is 50.7 Å². The zero-order chi connectivity index (χ0) is 24.9. The molecule has 9 nitrogen and oxygen atoms in total. The standard InChI is InChI=1S/C26H20N2O7S/c1-31-20-7-3-14(10-22(20)32-2)9-17-24(15-4-8-21-23(11-15)34-13-33-21)25(29)35-26(17,30)16-5-6-18-19(12-16)28-36-27-18/h3-8,10-12,30H,9,13H2,1-2H3. The predicted octanol–water partition coefficient (Wildman–Crippen LogP) is 3.84. The van der Waals surface area contributed by atoms with Gasteiger partial charge in [-0.25, -0.2) is 4.79 Å². The molecule has 1 aromatic heterocycles. The number of rotatable bonds is 6. The van der Waals surface area contributed by atoms with Gasteiger partial charge in [-0.1, -0.05) is 12.1 Å². The molecule has 0 fully saturated rings. The summed E-state index contributed by atoms with van der Waals surface area (Å²) in [5, 5.41) is 11.9. The van der Waals surface area contributed by atoms with Crippen LogP contribution in [0.1, 0.15) is 16.7 Å². The van der Waals surface area contributed by atoms with E-state index in [2.05, 4.69) is 8.75 Å². The molecule has 36 heavy (non-hydrogen) atoms. The summed E-state index contributed by atoms with van der Waals surface area (Å²) >= 11 is 1.07. The Hall–Kier alpha value is -4.15. The van der Waals surface area contributed by atoms with Crippen LogP contribution in [0.4, 0.5) is 0 Å². The number of ether oxygens (including phenoxy) is 5. The van der Waals surface area contributed by atoms with Gasteiger partial charge in [0.25, 0.3) is 5.79 Å². The van der Waals surface area contributed by atoms with Gasteiger partial charge >= 0.3 is 5.97 Å². The number of methoxy groups -OCH3 is 2. The number of hydrogen-bond acceptors (Lipinski definition) is 10. The fourth-order valence-electron chi connectivity index (χ4n) is 4.51. The van der Waals surface area contributed by atoms with Crippen LogP contribution in [0.5, 0.6) is 23.0 Å². The topological polar surface area (TPSA) is 109 Å². The molecule has 2 aliphatic rings. The third-order valence-electron chi connectivity index (χ3n) is 6.29. The molecule has 182 valence electrons. The molecule has 0 radical (unpaired) electrons. The van der Waals surface area contributed by atoms with E-state index in [1.807, 2.05) is 6.07 Å². The minimum Gasteiger partial charge on any atom is -0.493 e. The average Bonchev–Trinajstić information content (AvgIpc) is 3.61. The van der Waals surface area contributed by atoms with E-state index in [-0.39, 0.29) is 18.8 Å². The van der Waals surface area contributed by atoms with Crippen molar-refractivity contribution in [2.75, 3.05) is 21.0 Å². The van der Waals surface area contributed by atoms with Crippen molar-refractivity contribution in [2.24, 2.45) is 0 Å². The number of aliphatic hydroxyl groups is 1. The summed E-state index contributed by atoms with van der Waals surface area (Å²) in [6, 6.07) is 15.7. The minimum absolute atomic E-state index is 0.104. The average molecular weight is 505 g/mol. The number of hydrogen-bond donors (Lipinski definition) is 1. The van der Waals surface area contributed by atoms with Crippen molar-refractivity contribution in [1.82, 2.24) is 8.75 Å². The Morgan fingerprint density at radius 2 is 1.75 bits per heavy atom. The third kappa shape index (κ3) is 3.53. The van der Waals surface area contributed by atoms with Crippen molar-refractivity contribution in [3.63, 3.8) is 0 Å². The highest BCUT2D eigenvalue weighted by Gasteiger charge is 2.48. The van der Waals surface area contributed by atoms with Crippen LogP contribution in [0.15, 0.2) is 60.2 Å². The van der Waals surface area contributed by atoms with Crippen LogP contribution in [0.25, 0.3) is 16.6 Å². The highest BCUT2D eigenvalue weighted by molar-refractivity contribution is 7.00. The Kier molecular flexibility index (Phi) is 5.27. The van der Waals surface area contributed by atoms with E-state index in [4.69, 9.17) is 23.7 Å². The summed E-state index contributed by atoms with van der Waals surface area (Å²) in [5.41, 5.74) is 3.63. The van der Waals surface area contributed by atoms with Gasteiger partial charge in [0.1, 0.15) is 11.0 Å². The molecular formula is C26H20N2O7S. The normalized spacial score (nSPS) is 18.6. The number of aromatic nitrogens is 2. The summed E-state index contributed by atoms with van der Waals surface area (Å²) in [7, 11) is 3.11. The fourth-order valence-corrected chi connectivity index (χ4v) is 5.03. The van der Waals surface area contributed by atoms with Gasteiger partial charge in [-0.2, -0.15) is 8.75 Å². The zero-order valence-corrected chi connectivity index (χ0v) is 20.1. The van der Waals surface area contributed by atoms with Crippen LogP contribution in [0.2, 0.25) is 0 Å². The molecule has 1 unspecified atom stereocenters. The first-order valence-corrected chi connectivity index (χ1v) is 11.8. The molecule has 10 heteroatoms. The van der Waals surface area contributed by atoms with E-state index in [1.165, 1.54) is 0 Å². The minimum atomic E-state index is -2.02. The van der Waals surface area contributed by atoms with Crippen molar-refractivity contribution >= 4 is 34.3 Å². The lowest BCUT2D eigenvalue weighted by Crippen LogP contribution is -2.29. The first kappa shape index (κ1) is 22.3. The second-order valence-corrected chi connectivity index (χ2v) is 8.82. The molecule has 2 aliphatic heterocycles. The number of carbonyl (C=O) groups is 1. The van der Waals surface area contributed by atoms with Crippen LogP contribution >= 0.6 is 11.7 Å². The number of esters is 1.